The molecule has 4 N–H and O–H groups in total. The summed E-state index contributed by atoms with van der Waals surface area (Å²) in [5.41, 5.74) is 7.22. The Morgan fingerprint density at radius 1 is 1.04 bits per heavy atom. The third-order valence-electron chi connectivity index (χ3n) is 3.27. The average Bonchev–Trinajstić information content (AvgIpc) is 2.62. The number of nitrogens with zero attached hydrogens (tertiary/aromatic N) is 2. The van der Waals surface area contributed by atoms with Crippen LogP contribution in [0.1, 0.15) is 11.1 Å². The molecule has 2 rings (SSSR count). The molecule has 0 spiro atoms. The minimum Gasteiger partial charge on any atom is -0.508 e. The number of aromatic hydroxyl groups is 2. The second kappa shape index (κ2) is 8.39. The van der Waals surface area contributed by atoms with Gasteiger partial charge in [0.1, 0.15) is 5.75 Å². The molecule has 0 aromatic heterocycles. The Hall–Kier alpha value is -3.48. The number of benzene rings is 2. The van der Waals surface area contributed by atoms with Crippen molar-refractivity contribution in [3.05, 3.63) is 53.6 Å². The van der Waals surface area contributed by atoms with Crippen LogP contribution in [0.3, 0.4) is 0 Å². The number of nitrogens with two attached hydrogens (primary N) is 1. The largest absolute Gasteiger partial charge is 0.508 e. The summed E-state index contributed by atoms with van der Waals surface area (Å²) in [4.78, 5) is 0. The third kappa shape index (κ3) is 4.74. The molecule has 2 aromatic carbocycles. The first kappa shape index (κ1) is 17.9. The summed E-state index contributed by atoms with van der Waals surface area (Å²) in [5, 5.41) is 26.8. The molecule has 0 saturated carbocycles. The van der Waals surface area contributed by atoms with Gasteiger partial charge in [-0.2, -0.15) is 5.10 Å². The van der Waals surface area contributed by atoms with E-state index < -0.39 is 0 Å². The molecule has 0 aliphatic heterocycles. The SMILES string of the molecule is COc1cc(C=CC=NN=C(N)c2ccc(O)cc2)cc(OC)c1O. The summed E-state index contributed by atoms with van der Waals surface area (Å²) < 4.78 is 10.2. The first-order valence-corrected chi connectivity index (χ1v) is 7.32. The zero-order chi connectivity index (χ0) is 18.2. The lowest BCUT2D eigenvalue weighted by molar-refractivity contribution is 0.340. The zero-order valence-corrected chi connectivity index (χ0v) is 13.9. The van der Waals surface area contributed by atoms with Gasteiger partial charge in [-0.05, 0) is 48.0 Å². The van der Waals surface area contributed by atoms with Crippen LogP contribution in [0.15, 0.2) is 52.7 Å². The van der Waals surface area contributed by atoms with Crippen molar-refractivity contribution < 1.29 is 19.7 Å². The number of phenolic OH excluding ortho intramolecular Hbond substituents is 2. The van der Waals surface area contributed by atoms with E-state index >= 15 is 0 Å². The highest BCUT2D eigenvalue weighted by Gasteiger charge is 2.09. The predicted octanol–water partition coefficient (Wildman–Crippen LogP) is 2.52. The molecule has 0 bridgehead atoms. The number of hydrogen-bond acceptors (Lipinski definition) is 6. The Morgan fingerprint density at radius 2 is 1.64 bits per heavy atom. The monoisotopic (exact) mass is 341 g/mol. The summed E-state index contributed by atoms with van der Waals surface area (Å²) >= 11 is 0. The highest BCUT2D eigenvalue weighted by molar-refractivity contribution is 5.97. The summed E-state index contributed by atoms with van der Waals surface area (Å²) in [7, 11) is 2.93. The maximum absolute atomic E-state index is 9.86. The number of ether oxygens (including phenoxy) is 2. The fourth-order valence-corrected chi connectivity index (χ4v) is 1.99. The van der Waals surface area contributed by atoms with E-state index in [1.54, 1.807) is 36.4 Å². The van der Waals surface area contributed by atoms with Crippen molar-refractivity contribution in [2.75, 3.05) is 14.2 Å². The lowest BCUT2D eigenvalue weighted by Gasteiger charge is -2.09. The Bertz CT molecular complexity index is 787. The van der Waals surface area contributed by atoms with Gasteiger partial charge in [0.05, 0.1) is 14.2 Å². The summed E-state index contributed by atoms with van der Waals surface area (Å²) in [6.07, 6.45) is 4.89. The van der Waals surface area contributed by atoms with Crippen molar-refractivity contribution in [1.29, 1.82) is 0 Å². The quantitative estimate of drug-likeness (QED) is 0.425. The third-order valence-corrected chi connectivity index (χ3v) is 3.27. The summed E-state index contributed by atoms with van der Waals surface area (Å²) in [6.45, 7) is 0. The molecule has 0 amide bonds. The molecule has 0 atom stereocenters. The smallest absolute Gasteiger partial charge is 0.200 e. The van der Waals surface area contributed by atoms with Gasteiger partial charge in [0.15, 0.2) is 17.3 Å². The van der Waals surface area contributed by atoms with Crippen molar-refractivity contribution in [3.63, 3.8) is 0 Å². The Labute approximate surface area is 145 Å². The maximum atomic E-state index is 9.86. The van der Waals surface area contributed by atoms with Crippen molar-refractivity contribution in [3.8, 4) is 23.0 Å². The summed E-state index contributed by atoms with van der Waals surface area (Å²) in [6, 6.07) is 9.66. The van der Waals surface area contributed by atoms with Gasteiger partial charge < -0.3 is 25.4 Å². The van der Waals surface area contributed by atoms with E-state index in [9.17, 15) is 10.2 Å². The van der Waals surface area contributed by atoms with Crippen molar-refractivity contribution in [1.82, 2.24) is 0 Å². The molecule has 0 saturated heterocycles. The number of hydrogen-bond donors (Lipinski definition) is 3. The molecule has 7 heteroatoms. The lowest BCUT2D eigenvalue weighted by Crippen LogP contribution is -2.12. The van der Waals surface area contributed by atoms with Crippen LogP contribution in [0, 0.1) is 0 Å². The molecule has 0 unspecified atom stereocenters. The highest BCUT2D eigenvalue weighted by Crippen LogP contribution is 2.37. The second-order valence-electron chi connectivity index (χ2n) is 4.93. The van der Waals surface area contributed by atoms with E-state index in [-0.39, 0.29) is 17.3 Å². The van der Waals surface area contributed by atoms with Gasteiger partial charge in [0, 0.05) is 11.8 Å². The minimum atomic E-state index is -0.0536. The van der Waals surface area contributed by atoms with E-state index in [1.165, 1.54) is 32.6 Å². The maximum Gasteiger partial charge on any atom is 0.200 e. The average molecular weight is 341 g/mol. The van der Waals surface area contributed by atoms with Gasteiger partial charge in [-0.15, -0.1) is 5.10 Å². The summed E-state index contributed by atoms with van der Waals surface area (Å²) in [5.74, 6) is 0.957. The van der Waals surface area contributed by atoms with Gasteiger partial charge in [-0.25, -0.2) is 0 Å². The van der Waals surface area contributed by atoms with Crippen molar-refractivity contribution >= 4 is 18.1 Å². The van der Waals surface area contributed by atoms with Crippen molar-refractivity contribution in [2.45, 2.75) is 0 Å². The number of amidine groups is 1. The molecule has 130 valence electrons. The number of methoxy groups -OCH3 is 2. The highest BCUT2D eigenvalue weighted by atomic mass is 16.5. The Morgan fingerprint density at radius 3 is 2.20 bits per heavy atom. The Kier molecular flexibility index (Phi) is 6.00. The van der Waals surface area contributed by atoms with Crippen LogP contribution in [0.4, 0.5) is 0 Å². The van der Waals surface area contributed by atoms with Gasteiger partial charge >= 0.3 is 0 Å². The van der Waals surface area contributed by atoms with Crippen LogP contribution in [-0.4, -0.2) is 36.5 Å². The van der Waals surface area contributed by atoms with Gasteiger partial charge in [0.25, 0.3) is 0 Å². The molecule has 2 aromatic rings. The van der Waals surface area contributed by atoms with Gasteiger partial charge in [-0.3, -0.25) is 0 Å². The predicted molar refractivity (Wildman–Crippen MR) is 97.6 cm³/mol. The number of phenols is 2. The van der Waals surface area contributed by atoms with E-state index in [2.05, 4.69) is 10.2 Å². The van der Waals surface area contributed by atoms with E-state index in [0.717, 1.165) is 5.56 Å². The molecule has 25 heavy (non-hydrogen) atoms. The van der Waals surface area contributed by atoms with Gasteiger partial charge in [-0.1, -0.05) is 6.08 Å². The number of rotatable bonds is 6. The lowest BCUT2D eigenvalue weighted by atomic mass is 10.1. The van der Waals surface area contributed by atoms with E-state index in [0.29, 0.717) is 17.1 Å². The fraction of sp³-hybridized carbons (Fsp3) is 0.111. The topological polar surface area (TPSA) is 110 Å². The van der Waals surface area contributed by atoms with Crippen LogP contribution in [0.5, 0.6) is 23.0 Å². The Balaban J connectivity index is 2.08. The minimum absolute atomic E-state index is 0.0536. The second-order valence-corrected chi connectivity index (χ2v) is 4.93. The van der Waals surface area contributed by atoms with Crippen LogP contribution < -0.4 is 15.2 Å². The molecule has 7 nitrogen and oxygen atoms in total. The molecule has 0 heterocycles. The molecule has 0 aliphatic rings. The van der Waals surface area contributed by atoms with E-state index in [1.807, 2.05) is 0 Å². The number of allylic oxidation sites excluding steroid dienone is 1. The normalized spacial score (nSPS) is 12.0. The molecule has 0 fully saturated rings. The van der Waals surface area contributed by atoms with Crippen LogP contribution in [0.25, 0.3) is 6.08 Å². The first-order valence-electron chi connectivity index (χ1n) is 7.32. The van der Waals surface area contributed by atoms with Gasteiger partial charge in [0.2, 0.25) is 5.75 Å². The fourth-order valence-electron chi connectivity index (χ4n) is 1.99. The molecule has 0 radical (unpaired) electrons. The standard InChI is InChI=1S/C18H19N3O4/c1-24-15-10-12(11-16(25-2)17(15)23)4-3-9-20-21-18(19)13-5-7-14(22)8-6-13/h3-11,22-23H,1-2H3,(H2,19,21). The molecular formula is C18H19N3O4. The van der Waals surface area contributed by atoms with E-state index in [4.69, 9.17) is 15.2 Å². The van der Waals surface area contributed by atoms with Crippen LogP contribution >= 0.6 is 0 Å². The van der Waals surface area contributed by atoms with Crippen molar-refractivity contribution in [2.24, 2.45) is 15.9 Å². The van der Waals surface area contributed by atoms with Crippen LogP contribution in [0.2, 0.25) is 0 Å². The molecule has 0 aliphatic carbocycles. The molecular weight excluding hydrogens is 322 g/mol. The zero-order valence-electron chi connectivity index (χ0n) is 13.9. The first-order chi connectivity index (χ1) is 12.0. The van der Waals surface area contributed by atoms with Crippen LogP contribution in [-0.2, 0) is 0 Å².